The van der Waals surface area contributed by atoms with Gasteiger partial charge in [-0.1, -0.05) is 6.07 Å². The van der Waals surface area contributed by atoms with Crippen LogP contribution in [-0.2, 0) is 11.0 Å². The molecular weight excluding hydrogens is 365 g/mol. The summed E-state index contributed by atoms with van der Waals surface area (Å²) in [6.07, 6.45) is -2.97. The van der Waals surface area contributed by atoms with E-state index in [0.717, 1.165) is 23.9 Å². The maximum atomic E-state index is 12.9. The molecule has 0 saturated heterocycles. The number of ether oxygens (including phenoxy) is 2. The Kier molecular flexibility index (Phi) is 5.06. The number of benzene rings is 2. The molecule has 142 valence electrons. The van der Waals surface area contributed by atoms with Crippen LogP contribution in [0.3, 0.4) is 0 Å². The van der Waals surface area contributed by atoms with E-state index in [9.17, 15) is 18.0 Å². The molecule has 10 heteroatoms. The van der Waals surface area contributed by atoms with Gasteiger partial charge in [0.2, 0.25) is 0 Å². The van der Waals surface area contributed by atoms with E-state index in [0.29, 0.717) is 5.75 Å². The van der Waals surface area contributed by atoms with Crippen molar-refractivity contribution in [2.45, 2.75) is 6.18 Å². The zero-order chi connectivity index (χ0) is 19.4. The number of halogens is 3. The van der Waals surface area contributed by atoms with Gasteiger partial charge in [0, 0.05) is 6.07 Å². The standard InChI is InChI=1S/C17H15F3N4O3/c1-26-15-6-5-11(17(18,19)20)7-14(15)22-16(25)9-27-13-4-2-3-12(8-13)24-10-21-23-24/h2-8,10,23H,9H2,1H3,(H,22,25). The number of hydrogen-bond acceptors (Lipinski definition) is 4. The predicted octanol–water partition coefficient (Wildman–Crippen LogP) is 3.25. The van der Waals surface area contributed by atoms with Crippen molar-refractivity contribution in [3.8, 4) is 17.2 Å². The van der Waals surface area contributed by atoms with Gasteiger partial charge in [-0.15, -0.1) is 5.10 Å². The molecule has 1 heterocycles. The molecule has 3 aromatic rings. The summed E-state index contributed by atoms with van der Waals surface area (Å²) in [5.74, 6) is -0.0936. The fraction of sp³-hybridized carbons (Fsp3) is 0.176. The number of aromatic nitrogens is 3. The van der Waals surface area contributed by atoms with Crippen molar-refractivity contribution in [3.63, 3.8) is 0 Å². The lowest BCUT2D eigenvalue weighted by molar-refractivity contribution is -0.137. The monoisotopic (exact) mass is 380 g/mol. The third-order valence-electron chi connectivity index (χ3n) is 3.61. The fourth-order valence-corrected chi connectivity index (χ4v) is 2.28. The first-order valence-corrected chi connectivity index (χ1v) is 7.73. The van der Waals surface area contributed by atoms with Crippen molar-refractivity contribution in [1.29, 1.82) is 0 Å². The van der Waals surface area contributed by atoms with Crippen LogP contribution in [0.5, 0.6) is 11.5 Å². The summed E-state index contributed by atoms with van der Waals surface area (Å²) in [4.78, 5) is 12.1. The minimum absolute atomic E-state index is 0.0873. The summed E-state index contributed by atoms with van der Waals surface area (Å²) in [5, 5.41) is 8.77. The van der Waals surface area contributed by atoms with Gasteiger partial charge in [-0.05, 0) is 30.3 Å². The van der Waals surface area contributed by atoms with Gasteiger partial charge in [0.1, 0.15) is 17.8 Å². The molecule has 0 saturated carbocycles. The Labute approximate surface area is 151 Å². The molecule has 0 fully saturated rings. The van der Waals surface area contributed by atoms with E-state index < -0.39 is 17.6 Å². The van der Waals surface area contributed by atoms with E-state index in [1.54, 1.807) is 35.3 Å². The zero-order valence-electron chi connectivity index (χ0n) is 14.1. The molecule has 0 aliphatic rings. The fourth-order valence-electron chi connectivity index (χ4n) is 2.28. The molecule has 0 bridgehead atoms. The maximum absolute atomic E-state index is 12.9. The summed E-state index contributed by atoms with van der Waals surface area (Å²) in [6.45, 7) is -0.385. The Bertz CT molecular complexity index is 924. The van der Waals surface area contributed by atoms with Gasteiger partial charge in [-0.2, -0.15) is 13.2 Å². The third kappa shape index (κ3) is 4.40. The first kappa shape index (κ1) is 18.4. The molecule has 0 aliphatic carbocycles. The highest BCUT2D eigenvalue weighted by Gasteiger charge is 2.31. The van der Waals surface area contributed by atoms with Crippen LogP contribution >= 0.6 is 0 Å². The topological polar surface area (TPSA) is 81.2 Å². The van der Waals surface area contributed by atoms with Gasteiger partial charge in [-0.25, -0.2) is 9.90 Å². The number of nitrogens with one attached hydrogen (secondary N) is 2. The van der Waals surface area contributed by atoms with Crippen LogP contribution < -0.4 is 14.8 Å². The minimum Gasteiger partial charge on any atom is -0.495 e. The zero-order valence-corrected chi connectivity index (χ0v) is 14.1. The van der Waals surface area contributed by atoms with Gasteiger partial charge in [0.25, 0.3) is 5.91 Å². The lowest BCUT2D eigenvalue weighted by Gasteiger charge is -2.14. The Morgan fingerprint density at radius 1 is 1.26 bits per heavy atom. The Balaban J connectivity index is 1.66. The van der Waals surface area contributed by atoms with Crippen LogP contribution in [0.1, 0.15) is 5.56 Å². The lowest BCUT2D eigenvalue weighted by atomic mass is 10.1. The Hall–Kier alpha value is -3.43. The van der Waals surface area contributed by atoms with Crippen molar-refractivity contribution < 1.29 is 27.4 Å². The number of hydrogen-bond donors (Lipinski definition) is 2. The van der Waals surface area contributed by atoms with Crippen molar-refractivity contribution in [3.05, 3.63) is 54.4 Å². The number of carbonyl (C=O) groups is 1. The number of nitrogens with zero attached hydrogens (tertiary/aromatic N) is 2. The first-order valence-electron chi connectivity index (χ1n) is 7.73. The molecule has 0 aliphatic heterocycles. The van der Waals surface area contributed by atoms with E-state index in [-0.39, 0.29) is 18.0 Å². The summed E-state index contributed by atoms with van der Waals surface area (Å²) in [5.41, 5.74) is -0.228. The minimum atomic E-state index is -4.53. The van der Waals surface area contributed by atoms with Crippen LogP contribution in [0.4, 0.5) is 18.9 Å². The number of alkyl halides is 3. The molecule has 0 spiro atoms. The highest BCUT2D eigenvalue weighted by atomic mass is 19.4. The van der Waals surface area contributed by atoms with E-state index in [4.69, 9.17) is 9.47 Å². The highest BCUT2D eigenvalue weighted by Crippen LogP contribution is 2.34. The molecule has 2 N–H and O–H groups in total. The van der Waals surface area contributed by atoms with Crippen LogP contribution in [0.25, 0.3) is 5.69 Å². The Morgan fingerprint density at radius 2 is 2.04 bits per heavy atom. The summed E-state index contributed by atoms with van der Waals surface area (Å²) >= 11 is 0. The largest absolute Gasteiger partial charge is 0.495 e. The van der Waals surface area contributed by atoms with Crippen molar-refractivity contribution in [1.82, 2.24) is 15.0 Å². The van der Waals surface area contributed by atoms with Gasteiger partial charge >= 0.3 is 6.18 Å². The molecule has 1 aromatic heterocycles. The van der Waals surface area contributed by atoms with E-state index in [1.807, 2.05) is 0 Å². The summed E-state index contributed by atoms with van der Waals surface area (Å²) < 4.78 is 50.6. The van der Waals surface area contributed by atoms with Crippen molar-refractivity contribution >= 4 is 11.6 Å². The van der Waals surface area contributed by atoms with E-state index >= 15 is 0 Å². The molecular formula is C17H15F3N4O3. The van der Waals surface area contributed by atoms with Gasteiger partial charge < -0.3 is 14.8 Å². The Morgan fingerprint density at radius 3 is 2.67 bits per heavy atom. The number of amides is 1. The van der Waals surface area contributed by atoms with Crippen LogP contribution in [0.2, 0.25) is 0 Å². The molecule has 2 aromatic carbocycles. The van der Waals surface area contributed by atoms with E-state index in [1.165, 1.54) is 7.11 Å². The number of anilines is 1. The number of carbonyl (C=O) groups excluding carboxylic acids is 1. The second-order valence-electron chi connectivity index (χ2n) is 5.46. The molecule has 7 nitrogen and oxygen atoms in total. The van der Waals surface area contributed by atoms with Crippen molar-refractivity contribution in [2.75, 3.05) is 19.0 Å². The van der Waals surface area contributed by atoms with Crippen LogP contribution in [-0.4, -0.2) is 34.6 Å². The van der Waals surface area contributed by atoms with Crippen molar-refractivity contribution in [2.24, 2.45) is 0 Å². The smallest absolute Gasteiger partial charge is 0.416 e. The molecule has 27 heavy (non-hydrogen) atoms. The van der Waals surface area contributed by atoms with Crippen LogP contribution in [0, 0.1) is 0 Å². The normalized spacial score (nSPS) is 11.3. The second kappa shape index (κ2) is 7.44. The summed E-state index contributed by atoms with van der Waals surface area (Å²) in [6, 6.07) is 9.69. The second-order valence-corrected chi connectivity index (χ2v) is 5.46. The van der Waals surface area contributed by atoms with E-state index in [2.05, 4.69) is 15.6 Å². The molecule has 0 unspecified atom stereocenters. The number of methoxy groups -OCH3 is 1. The van der Waals surface area contributed by atoms with Gasteiger partial charge in [0.05, 0.1) is 24.0 Å². The average Bonchev–Trinajstić information content (AvgIpc) is 2.58. The molecule has 1 amide bonds. The molecule has 0 atom stereocenters. The number of rotatable bonds is 6. The number of aromatic amines is 1. The molecule has 3 rings (SSSR count). The maximum Gasteiger partial charge on any atom is 0.416 e. The predicted molar refractivity (Wildman–Crippen MR) is 90.0 cm³/mol. The third-order valence-corrected chi connectivity index (χ3v) is 3.61. The SMILES string of the molecule is COc1ccc(C(F)(F)F)cc1NC(=O)COc1cccc(-n2cn[nH]2)c1. The van der Waals surface area contributed by atoms with Crippen LogP contribution in [0.15, 0.2) is 48.8 Å². The summed E-state index contributed by atoms with van der Waals surface area (Å²) in [7, 11) is 1.30. The average molecular weight is 380 g/mol. The van der Waals surface area contributed by atoms with Gasteiger partial charge in [-0.3, -0.25) is 4.79 Å². The molecule has 0 radical (unpaired) electrons. The number of H-pyrrole nitrogens is 1. The van der Waals surface area contributed by atoms with Gasteiger partial charge in [0.15, 0.2) is 6.61 Å². The highest BCUT2D eigenvalue weighted by molar-refractivity contribution is 5.93. The quantitative estimate of drug-likeness (QED) is 0.688. The lowest BCUT2D eigenvalue weighted by Crippen LogP contribution is -2.21. The first-order chi connectivity index (χ1) is 12.9.